The second-order valence-electron chi connectivity index (χ2n) is 7.34. The Morgan fingerprint density at radius 1 is 1.00 bits per heavy atom. The first-order valence-electron chi connectivity index (χ1n) is 9.41. The Balaban J connectivity index is 1.92. The Morgan fingerprint density at radius 3 is 2.38 bits per heavy atom. The van der Waals surface area contributed by atoms with Crippen molar-refractivity contribution in [1.29, 1.82) is 0 Å². The van der Waals surface area contributed by atoms with Crippen LogP contribution in [0.4, 0.5) is 0 Å². The third-order valence-corrected chi connectivity index (χ3v) is 5.91. The average molecular weight is 296 g/mol. The van der Waals surface area contributed by atoms with Crippen LogP contribution in [0.1, 0.15) is 65.2 Å². The molecule has 21 heavy (non-hydrogen) atoms. The third-order valence-electron chi connectivity index (χ3n) is 5.91. The molecule has 2 rings (SSSR count). The van der Waals surface area contributed by atoms with Gasteiger partial charge < -0.3 is 10.6 Å². The average Bonchev–Trinajstić information content (AvgIpc) is 2.72. The molecule has 2 aliphatic rings. The van der Waals surface area contributed by atoms with E-state index < -0.39 is 0 Å². The summed E-state index contributed by atoms with van der Waals surface area (Å²) in [6, 6.07) is 0. The summed E-state index contributed by atoms with van der Waals surface area (Å²) in [4.78, 5) is 5.43. The molecule has 0 radical (unpaired) electrons. The van der Waals surface area contributed by atoms with Crippen molar-refractivity contribution in [3.8, 4) is 0 Å². The van der Waals surface area contributed by atoms with Gasteiger partial charge in [0.15, 0.2) is 0 Å². The molecule has 2 N–H and O–H groups in total. The number of likely N-dealkylation sites (tertiary alicyclic amines) is 2. The van der Waals surface area contributed by atoms with E-state index in [1.54, 1.807) is 0 Å². The van der Waals surface area contributed by atoms with E-state index in [9.17, 15) is 0 Å². The van der Waals surface area contributed by atoms with Gasteiger partial charge in [0, 0.05) is 12.1 Å². The molecule has 3 heteroatoms. The smallest absolute Gasteiger partial charge is 0.0344 e. The van der Waals surface area contributed by atoms with Gasteiger partial charge in [0.05, 0.1) is 0 Å². The maximum atomic E-state index is 6.29. The molecule has 124 valence electrons. The van der Waals surface area contributed by atoms with Crippen molar-refractivity contribution in [1.82, 2.24) is 9.80 Å². The summed E-state index contributed by atoms with van der Waals surface area (Å²) < 4.78 is 0. The van der Waals surface area contributed by atoms with Crippen molar-refractivity contribution in [2.45, 2.75) is 70.8 Å². The van der Waals surface area contributed by atoms with E-state index in [4.69, 9.17) is 5.73 Å². The van der Waals surface area contributed by atoms with Gasteiger partial charge in [-0.15, -0.1) is 0 Å². The molecule has 0 bridgehead atoms. The Bertz CT molecular complexity index is 286. The molecule has 0 spiro atoms. The van der Waals surface area contributed by atoms with Crippen LogP contribution in [0.15, 0.2) is 0 Å². The van der Waals surface area contributed by atoms with Crippen molar-refractivity contribution in [2.75, 3.05) is 39.3 Å². The summed E-state index contributed by atoms with van der Waals surface area (Å²) in [6.45, 7) is 11.8. The van der Waals surface area contributed by atoms with Crippen LogP contribution < -0.4 is 5.73 Å². The first kappa shape index (κ1) is 17.2. The SMILES string of the molecule is CCCC1CCN(C2(CN)CCCN(CCC)CC2)CC1. The van der Waals surface area contributed by atoms with Gasteiger partial charge in [-0.2, -0.15) is 0 Å². The van der Waals surface area contributed by atoms with Crippen LogP contribution >= 0.6 is 0 Å². The van der Waals surface area contributed by atoms with Crippen molar-refractivity contribution in [2.24, 2.45) is 11.7 Å². The van der Waals surface area contributed by atoms with Crippen molar-refractivity contribution in [3.05, 3.63) is 0 Å². The van der Waals surface area contributed by atoms with Crippen molar-refractivity contribution >= 4 is 0 Å². The molecule has 0 aromatic heterocycles. The van der Waals surface area contributed by atoms with Crippen LogP contribution in [0.5, 0.6) is 0 Å². The third kappa shape index (κ3) is 4.43. The van der Waals surface area contributed by atoms with E-state index in [0.717, 1.165) is 12.5 Å². The highest BCUT2D eigenvalue weighted by molar-refractivity contribution is 4.96. The highest BCUT2D eigenvalue weighted by atomic mass is 15.2. The summed E-state index contributed by atoms with van der Waals surface area (Å²) in [7, 11) is 0. The maximum absolute atomic E-state index is 6.29. The molecule has 0 amide bonds. The number of rotatable bonds is 6. The van der Waals surface area contributed by atoms with E-state index in [2.05, 4.69) is 23.6 Å². The normalized spacial score (nSPS) is 30.4. The van der Waals surface area contributed by atoms with Gasteiger partial charge in [-0.25, -0.2) is 0 Å². The van der Waals surface area contributed by atoms with Gasteiger partial charge in [0.25, 0.3) is 0 Å². The minimum Gasteiger partial charge on any atom is -0.329 e. The van der Waals surface area contributed by atoms with Gasteiger partial charge in [0.1, 0.15) is 0 Å². The first-order chi connectivity index (χ1) is 10.2. The van der Waals surface area contributed by atoms with Gasteiger partial charge in [0.2, 0.25) is 0 Å². The highest BCUT2D eigenvalue weighted by Gasteiger charge is 2.38. The highest BCUT2D eigenvalue weighted by Crippen LogP contribution is 2.33. The van der Waals surface area contributed by atoms with Crippen LogP contribution in [-0.2, 0) is 0 Å². The van der Waals surface area contributed by atoms with Gasteiger partial charge >= 0.3 is 0 Å². The van der Waals surface area contributed by atoms with Crippen molar-refractivity contribution in [3.63, 3.8) is 0 Å². The van der Waals surface area contributed by atoms with Gasteiger partial charge in [-0.1, -0.05) is 26.7 Å². The lowest BCUT2D eigenvalue weighted by molar-refractivity contribution is 0.0415. The minimum absolute atomic E-state index is 0.305. The monoisotopic (exact) mass is 295 g/mol. The molecule has 1 atom stereocenters. The van der Waals surface area contributed by atoms with Gasteiger partial charge in [-0.3, -0.25) is 4.90 Å². The second-order valence-corrected chi connectivity index (χ2v) is 7.34. The molecule has 0 aliphatic carbocycles. The Labute approximate surface area is 132 Å². The lowest BCUT2D eigenvalue weighted by Gasteiger charge is -2.46. The first-order valence-corrected chi connectivity index (χ1v) is 9.41. The molecule has 1 unspecified atom stereocenters. The zero-order valence-corrected chi connectivity index (χ0v) is 14.4. The molecule has 0 aromatic rings. The van der Waals surface area contributed by atoms with E-state index >= 15 is 0 Å². The van der Waals surface area contributed by atoms with Crippen LogP contribution in [0.3, 0.4) is 0 Å². The Hall–Kier alpha value is -0.120. The molecule has 2 heterocycles. The predicted molar refractivity (Wildman–Crippen MR) is 91.6 cm³/mol. The van der Waals surface area contributed by atoms with E-state index in [1.165, 1.54) is 84.1 Å². The topological polar surface area (TPSA) is 32.5 Å². The molecule has 2 fully saturated rings. The molecule has 3 nitrogen and oxygen atoms in total. The van der Waals surface area contributed by atoms with Crippen LogP contribution in [0, 0.1) is 5.92 Å². The van der Waals surface area contributed by atoms with Crippen LogP contribution in [-0.4, -0.2) is 54.6 Å². The number of piperidine rings is 1. The fourth-order valence-electron chi connectivity index (χ4n) is 4.53. The summed E-state index contributed by atoms with van der Waals surface area (Å²) in [5, 5.41) is 0. The largest absolute Gasteiger partial charge is 0.329 e. The number of hydrogen-bond acceptors (Lipinski definition) is 3. The molecule has 0 saturated carbocycles. The van der Waals surface area contributed by atoms with E-state index in [1.807, 2.05) is 0 Å². The lowest BCUT2D eigenvalue weighted by Crippen LogP contribution is -2.56. The Morgan fingerprint density at radius 2 is 1.76 bits per heavy atom. The lowest BCUT2D eigenvalue weighted by atomic mass is 9.84. The zero-order valence-electron chi connectivity index (χ0n) is 14.4. The van der Waals surface area contributed by atoms with E-state index in [0.29, 0.717) is 5.54 Å². The fourth-order valence-corrected chi connectivity index (χ4v) is 4.53. The second kappa shape index (κ2) is 8.50. The summed E-state index contributed by atoms with van der Waals surface area (Å²) in [6.07, 6.45) is 10.8. The quantitative estimate of drug-likeness (QED) is 0.817. The fraction of sp³-hybridized carbons (Fsp3) is 1.00. The van der Waals surface area contributed by atoms with E-state index in [-0.39, 0.29) is 0 Å². The summed E-state index contributed by atoms with van der Waals surface area (Å²) in [5.41, 5.74) is 6.60. The van der Waals surface area contributed by atoms with Crippen LogP contribution in [0.2, 0.25) is 0 Å². The number of hydrogen-bond donors (Lipinski definition) is 1. The summed E-state index contributed by atoms with van der Waals surface area (Å²) >= 11 is 0. The summed E-state index contributed by atoms with van der Waals surface area (Å²) in [5.74, 6) is 0.975. The molecular weight excluding hydrogens is 258 g/mol. The van der Waals surface area contributed by atoms with Crippen molar-refractivity contribution < 1.29 is 0 Å². The molecule has 2 saturated heterocycles. The standard InChI is InChI=1S/C18H37N3/c1-3-6-17-7-13-21(14-8-17)18(16-19)9-5-12-20(11-4-2)15-10-18/h17H,3-16,19H2,1-2H3. The maximum Gasteiger partial charge on any atom is 0.0344 e. The zero-order chi connectivity index (χ0) is 15.1. The number of nitrogens with two attached hydrogens (primary N) is 1. The van der Waals surface area contributed by atoms with Gasteiger partial charge in [-0.05, 0) is 77.2 Å². The molecule has 2 aliphatic heterocycles. The van der Waals surface area contributed by atoms with Crippen LogP contribution in [0.25, 0.3) is 0 Å². The molecule has 0 aromatic carbocycles. The minimum atomic E-state index is 0.305. The predicted octanol–water partition coefficient (Wildman–Crippen LogP) is 3.09. The molecular formula is C18H37N3. The number of nitrogens with zero attached hydrogens (tertiary/aromatic N) is 2. The Kier molecular flexibility index (Phi) is 6.97.